The van der Waals surface area contributed by atoms with Gasteiger partial charge in [-0.25, -0.2) is 0 Å². The molecule has 0 unspecified atom stereocenters. The minimum Gasteiger partial charge on any atom is -0.349 e. The molecular formula is C15H30O2. The molecule has 2 nitrogen and oxygen atoms in total. The SMILES string of the molecule is CCCCCC[C@H]1C[C@H](CC)O[C@@H](C(C)C)O1. The standard InChI is InChI=1S/C15H30O2/c1-5-7-8-9-10-14-11-13(6-2)16-15(17-14)12(3)4/h12-15H,5-11H2,1-4H3/t13-,14-,15+/m0/s1. The molecule has 0 spiro atoms. The van der Waals surface area contributed by atoms with Gasteiger partial charge in [-0.05, 0) is 19.3 Å². The van der Waals surface area contributed by atoms with Gasteiger partial charge in [-0.2, -0.15) is 0 Å². The Labute approximate surface area is 107 Å². The first-order chi connectivity index (χ1) is 8.17. The molecule has 1 rings (SSSR count). The lowest BCUT2D eigenvalue weighted by atomic mass is 10.0. The lowest BCUT2D eigenvalue weighted by molar-refractivity contribution is -0.260. The maximum Gasteiger partial charge on any atom is 0.160 e. The van der Waals surface area contributed by atoms with Crippen molar-refractivity contribution in [1.82, 2.24) is 0 Å². The zero-order valence-electron chi connectivity index (χ0n) is 12.1. The molecule has 0 bridgehead atoms. The fourth-order valence-electron chi connectivity index (χ4n) is 2.38. The van der Waals surface area contributed by atoms with Gasteiger partial charge in [-0.15, -0.1) is 0 Å². The molecule has 1 aliphatic rings. The highest BCUT2D eigenvalue weighted by Crippen LogP contribution is 2.27. The molecule has 1 heterocycles. The van der Waals surface area contributed by atoms with E-state index in [1.807, 2.05) is 0 Å². The fourth-order valence-corrected chi connectivity index (χ4v) is 2.38. The van der Waals surface area contributed by atoms with Crippen LogP contribution in [0.15, 0.2) is 0 Å². The van der Waals surface area contributed by atoms with E-state index >= 15 is 0 Å². The predicted octanol–water partition coefficient (Wildman–Crippen LogP) is 4.52. The Hall–Kier alpha value is -0.0800. The first-order valence-electron chi connectivity index (χ1n) is 7.48. The number of hydrogen-bond acceptors (Lipinski definition) is 2. The van der Waals surface area contributed by atoms with Crippen molar-refractivity contribution in [2.24, 2.45) is 5.92 Å². The average molecular weight is 242 g/mol. The largest absolute Gasteiger partial charge is 0.349 e. The second kappa shape index (κ2) is 8.10. The highest BCUT2D eigenvalue weighted by Gasteiger charge is 2.30. The minimum absolute atomic E-state index is 0.0184. The summed E-state index contributed by atoms with van der Waals surface area (Å²) >= 11 is 0. The van der Waals surface area contributed by atoms with Gasteiger partial charge in [-0.3, -0.25) is 0 Å². The lowest BCUT2D eigenvalue weighted by Gasteiger charge is -2.37. The smallest absolute Gasteiger partial charge is 0.160 e. The van der Waals surface area contributed by atoms with Crippen molar-refractivity contribution >= 4 is 0 Å². The molecule has 17 heavy (non-hydrogen) atoms. The Morgan fingerprint density at radius 3 is 2.29 bits per heavy atom. The average Bonchev–Trinajstić information content (AvgIpc) is 2.34. The summed E-state index contributed by atoms with van der Waals surface area (Å²) in [5.74, 6) is 0.461. The summed E-state index contributed by atoms with van der Waals surface area (Å²) in [5, 5.41) is 0. The zero-order valence-corrected chi connectivity index (χ0v) is 12.1. The number of rotatable bonds is 7. The molecule has 0 aliphatic carbocycles. The van der Waals surface area contributed by atoms with Gasteiger partial charge in [0, 0.05) is 5.92 Å². The minimum atomic E-state index is 0.0184. The number of hydrogen-bond donors (Lipinski definition) is 0. The van der Waals surface area contributed by atoms with Crippen LogP contribution < -0.4 is 0 Å². The number of ether oxygens (including phenoxy) is 2. The molecule has 1 fully saturated rings. The first-order valence-corrected chi connectivity index (χ1v) is 7.48. The summed E-state index contributed by atoms with van der Waals surface area (Å²) in [6, 6.07) is 0. The van der Waals surface area contributed by atoms with E-state index in [1.54, 1.807) is 0 Å². The van der Waals surface area contributed by atoms with Gasteiger partial charge in [0.05, 0.1) is 12.2 Å². The normalized spacial score (nSPS) is 29.8. The van der Waals surface area contributed by atoms with Crippen LogP contribution in [0.4, 0.5) is 0 Å². The van der Waals surface area contributed by atoms with Crippen LogP contribution in [-0.4, -0.2) is 18.5 Å². The molecule has 2 heteroatoms. The topological polar surface area (TPSA) is 18.5 Å². The van der Waals surface area contributed by atoms with Crippen molar-refractivity contribution in [3.63, 3.8) is 0 Å². The predicted molar refractivity (Wildman–Crippen MR) is 72.0 cm³/mol. The molecule has 0 aromatic rings. The third kappa shape index (κ3) is 5.39. The van der Waals surface area contributed by atoms with Crippen LogP contribution in [0.3, 0.4) is 0 Å². The maximum absolute atomic E-state index is 6.04. The molecule has 102 valence electrons. The van der Waals surface area contributed by atoms with Crippen LogP contribution >= 0.6 is 0 Å². The molecule has 0 aromatic carbocycles. The van der Waals surface area contributed by atoms with Crippen molar-refractivity contribution in [3.05, 3.63) is 0 Å². The Morgan fingerprint density at radius 2 is 1.71 bits per heavy atom. The van der Waals surface area contributed by atoms with Crippen LogP contribution in [0.2, 0.25) is 0 Å². The van der Waals surface area contributed by atoms with E-state index in [0.717, 1.165) is 12.8 Å². The van der Waals surface area contributed by atoms with Crippen LogP contribution in [0.5, 0.6) is 0 Å². The van der Waals surface area contributed by atoms with Crippen LogP contribution in [0, 0.1) is 5.92 Å². The monoisotopic (exact) mass is 242 g/mol. The third-order valence-electron chi connectivity index (χ3n) is 3.56. The summed E-state index contributed by atoms with van der Waals surface area (Å²) < 4.78 is 12.0. The van der Waals surface area contributed by atoms with E-state index in [4.69, 9.17) is 9.47 Å². The highest BCUT2D eigenvalue weighted by atomic mass is 16.7. The second-order valence-electron chi connectivity index (χ2n) is 5.62. The lowest BCUT2D eigenvalue weighted by Crippen LogP contribution is -2.40. The Morgan fingerprint density at radius 1 is 1.00 bits per heavy atom. The van der Waals surface area contributed by atoms with E-state index in [1.165, 1.54) is 32.1 Å². The summed E-state index contributed by atoms with van der Waals surface area (Å²) in [7, 11) is 0. The van der Waals surface area contributed by atoms with Crippen molar-refractivity contribution in [2.75, 3.05) is 0 Å². The maximum atomic E-state index is 6.04. The Kier molecular flexibility index (Phi) is 7.14. The van der Waals surface area contributed by atoms with Crippen molar-refractivity contribution in [2.45, 2.75) is 91.1 Å². The zero-order chi connectivity index (χ0) is 12.7. The van der Waals surface area contributed by atoms with Crippen LogP contribution in [-0.2, 0) is 9.47 Å². The van der Waals surface area contributed by atoms with E-state index in [2.05, 4.69) is 27.7 Å². The van der Waals surface area contributed by atoms with Gasteiger partial charge in [0.1, 0.15) is 0 Å². The van der Waals surface area contributed by atoms with Gasteiger partial charge in [0.25, 0.3) is 0 Å². The van der Waals surface area contributed by atoms with Gasteiger partial charge in [0.15, 0.2) is 6.29 Å². The van der Waals surface area contributed by atoms with E-state index < -0.39 is 0 Å². The quantitative estimate of drug-likeness (QED) is 0.611. The Balaban J connectivity index is 2.32. The molecular weight excluding hydrogens is 212 g/mol. The highest BCUT2D eigenvalue weighted by molar-refractivity contribution is 4.73. The molecule has 1 saturated heterocycles. The third-order valence-corrected chi connectivity index (χ3v) is 3.56. The summed E-state index contributed by atoms with van der Waals surface area (Å²) in [6.07, 6.45) is 9.58. The van der Waals surface area contributed by atoms with Gasteiger partial charge in [-0.1, -0.05) is 53.4 Å². The summed E-state index contributed by atoms with van der Waals surface area (Å²) in [4.78, 5) is 0. The van der Waals surface area contributed by atoms with Crippen LogP contribution in [0.1, 0.15) is 72.6 Å². The van der Waals surface area contributed by atoms with Crippen molar-refractivity contribution in [1.29, 1.82) is 0 Å². The molecule has 0 N–H and O–H groups in total. The van der Waals surface area contributed by atoms with E-state index in [9.17, 15) is 0 Å². The van der Waals surface area contributed by atoms with Crippen molar-refractivity contribution in [3.8, 4) is 0 Å². The van der Waals surface area contributed by atoms with Gasteiger partial charge < -0.3 is 9.47 Å². The second-order valence-corrected chi connectivity index (χ2v) is 5.62. The molecule has 3 atom stereocenters. The molecule has 0 amide bonds. The van der Waals surface area contributed by atoms with E-state index in [0.29, 0.717) is 18.1 Å². The van der Waals surface area contributed by atoms with E-state index in [-0.39, 0.29) is 6.29 Å². The first kappa shape index (κ1) is 15.0. The molecule has 0 saturated carbocycles. The van der Waals surface area contributed by atoms with Crippen LogP contribution in [0.25, 0.3) is 0 Å². The molecule has 0 radical (unpaired) electrons. The summed E-state index contributed by atoms with van der Waals surface area (Å²) in [6.45, 7) is 8.82. The fraction of sp³-hybridized carbons (Fsp3) is 1.00. The Bertz CT molecular complexity index is 191. The van der Waals surface area contributed by atoms with Gasteiger partial charge >= 0.3 is 0 Å². The summed E-state index contributed by atoms with van der Waals surface area (Å²) in [5.41, 5.74) is 0. The van der Waals surface area contributed by atoms with Crippen molar-refractivity contribution < 1.29 is 9.47 Å². The van der Waals surface area contributed by atoms with Gasteiger partial charge in [0.2, 0.25) is 0 Å². The number of unbranched alkanes of at least 4 members (excludes halogenated alkanes) is 3. The molecule has 0 aromatic heterocycles. The molecule has 1 aliphatic heterocycles.